The second-order valence-electron chi connectivity index (χ2n) is 4.48. The summed E-state index contributed by atoms with van der Waals surface area (Å²) in [4.78, 5) is 2.21. The zero-order chi connectivity index (χ0) is 13.0. The number of anilines is 1. The molecule has 1 aliphatic rings. The van der Waals surface area contributed by atoms with E-state index in [9.17, 15) is 5.26 Å². The summed E-state index contributed by atoms with van der Waals surface area (Å²) in [5, 5.41) is 9.20. The predicted molar refractivity (Wildman–Crippen MR) is 70.0 cm³/mol. The molecule has 1 aromatic rings. The van der Waals surface area contributed by atoms with Crippen molar-refractivity contribution in [1.29, 1.82) is 5.26 Å². The largest absolute Gasteiger partial charge is 0.497 e. The lowest BCUT2D eigenvalue weighted by Crippen LogP contribution is -2.30. The first-order chi connectivity index (χ1) is 8.74. The molecule has 1 atom stereocenters. The maximum absolute atomic E-state index is 9.20. The van der Waals surface area contributed by atoms with E-state index in [1.54, 1.807) is 7.11 Å². The van der Waals surface area contributed by atoms with Crippen molar-refractivity contribution in [2.45, 2.75) is 19.4 Å². The van der Waals surface area contributed by atoms with Gasteiger partial charge in [-0.05, 0) is 25.5 Å². The Morgan fingerprint density at radius 2 is 2.33 bits per heavy atom. The first-order valence-corrected chi connectivity index (χ1v) is 6.19. The normalized spacial score (nSPS) is 20.1. The number of hydrogen-bond donors (Lipinski definition) is 0. The monoisotopic (exact) mass is 246 g/mol. The van der Waals surface area contributed by atoms with E-state index in [4.69, 9.17) is 9.47 Å². The average Bonchev–Trinajstić information content (AvgIpc) is 2.62. The van der Waals surface area contributed by atoms with Crippen LogP contribution in [0.25, 0.3) is 0 Å². The van der Waals surface area contributed by atoms with Crippen molar-refractivity contribution >= 4 is 5.69 Å². The Kier molecular flexibility index (Phi) is 4.06. The van der Waals surface area contributed by atoms with E-state index in [-0.39, 0.29) is 6.10 Å². The number of ether oxygens (including phenoxy) is 2. The molecule has 0 amide bonds. The zero-order valence-electron chi connectivity index (χ0n) is 10.8. The highest BCUT2D eigenvalue weighted by atomic mass is 16.5. The van der Waals surface area contributed by atoms with Crippen LogP contribution < -0.4 is 9.64 Å². The molecule has 0 aromatic heterocycles. The fourth-order valence-electron chi connectivity index (χ4n) is 2.21. The minimum absolute atomic E-state index is 0.185. The molecule has 0 aliphatic carbocycles. The molecule has 0 radical (unpaired) electrons. The van der Waals surface area contributed by atoms with Crippen molar-refractivity contribution in [1.82, 2.24) is 0 Å². The van der Waals surface area contributed by atoms with Gasteiger partial charge in [0.15, 0.2) is 0 Å². The molecule has 18 heavy (non-hydrogen) atoms. The second kappa shape index (κ2) is 5.74. The number of hydrogen-bond acceptors (Lipinski definition) is 4. The van der Waals surface area contributed by atoms with Crippen molar-refractivity contribution < 1.29 is 9.47 Å². The third kappa shape index (κ3) is 2.74. The standard InChI is InChI=1S/C14H18N2O2/c1-11-10-16(6-3-7-18-11)14-8-13(17-2)5-4-12(14)9-15/h4-5,8,11H,3,6-7,10H2,1-2H3. The number of methoxy groups -OCH3 is 1. The Hall–Kier alpha value is -1.73. The van der Waals surface area contributed by atoms with Gasteiger partial charge in [-0.1, -0.05) is 0 Å². The van der Waals surface area contributed by atoms with Crippen LogP contribution in [0.3, 0.4) is 0 Å². The summed E-state index contributed by atoms with van der Waals surface area (Å²) in [5.41, 5.74) is 1.62. The van der Waals surface area contributed by atoms with Gasteiger partial charge < -0.3 is 14.4 Å². The van der Waals surface area contributed by atoms with Gasteiger partial charge in [0, 0.05) is 25.8 Å². The second-order valence-corrected chi connectivity index (χ2v) is 4.48. The van der Waals surface area contributed by atoms with E-state index in [2.05, 4.69) is 17.9 Å². The van der Waals surface area contributed by atoms with Gasteiger partial charge in [0.05, 0.1) is 24.5 Å². The predicted octanol–water partition coefficient (Wildman–Crippen LogP) is 2.18. The lowest BCUT2D eigenvalue weighted by Gasteiger charge is -2.25. The Balaban J connectivity index is 2.32. The summed E-state index contributed by atoms with van der Waals surface area (Å²) in [7, 11) is 1.64. The topological polar surface area (TPSA) is 45.5 Å². The summed E-state index contributed by atoms with van der Waals surface area (Å²) in [6.07, 6.45) is 1.16. The maximum atomic E-state index is 9.20. The molecule has 0 saturated carbocycles. The summed E-state index contributed by atoms with van der Waals surface area (Å²) < 4.78 is 10.9. The van der Waals surface area contributed by atoms with Gasteiger partial charge in [-0.2, -0.15) is 5.26 Å². The molecule has 0 bridgehead atoms. The van der Waals surface area contributed by atoms with E-state index in [0.717, 1.165) is 37.6 Å². The maximum Gasteiger partial charge on any atom is 0.121 e. The molecular formula is C14H18N2O2. The number of benzene rings is 1. The summed E-state index contributed by atoms with van der Waals surface area (Å²) in [6, 6.07) is 7.80. The van der Waals surface area contributed by atoms with Crippen LogP contribution in [0.1, 0.15) is 18.9 Å². The van der Waals surface area contributed by atoms with E-state index in [0.29, 0.717) is 5.56 Å². The van der Waals surface area contributed by atoms with Crippen molar-refractivity contribution in [3.8, 4) is 11.8 Å². The van der Waals surface area contributed by atoms with Gasteiger partial charge in [-0.25, -0.2) is 0 Å². The molecular weight excluding hydrogens is 228 g/mol. The molecule has 1 fully saturated rings. The van der Waals surface area contributed by atoms with Crippen molar-refractivity contribution in [3.63, 3.8) is 0 Å². The van der Waals surface area contributed by atoms with Gasteiger partial charge in [0.1, 0.15) is 11.8 Å². The van der Waals surface area contributed by atoms with Crippen molar-refractivity contribution in [3.05, 3.63) is 23.8 Å². The third-order valence-corrected chi connectivity index (χ3v) is 3.12. The molecule has 1 aliphatic heterocycles. The molecule has 0 spiro atoms. The molecule has 2 rings (SSSR count). The molecule has 96 valence electrons. The van der Waals surface area contributed by atoms with Crippen LogP contribution in [-0.4, -0.2) is 32.9 Å². The summed E-state index contributed by atoms with van der Waals surface area (Å²) >= 11 is 0. The zero-order valence-corrected chi connectivity index (χ0v) is 10.8. The van der Waals surface area contributed by atoms with Gasteiger partial charge in [-0.15, -0.1) is 0 Å². The molecule has 4 heteroatoms. The van der Waals surface area contributed by atoms with Crippen molar-refractivity contribution in [2.24, 2.45) is 0 Å². The minimum atomic E-state index is 0.185. The molecule has 4 nitrogen and oxygen atoms in total. The van der Waals surface area contributed by atoms with Crippen LogP contribution >= 0.6 is 0 Å². The smallest absolute Gasteiger partial charge is 0.121 e. The van der Waals surface area contributed by atoms with Crippen LogP contribution in [0, 0.1) is 11.3 Å². The number of nitriles is 1. The van der Waals surface area contributed by atoms with Crippen LogP contribution in [0.4, 0.5) is 5.69 Å². The highest BCUT2D eigenvalue weighted by molar-refractivity contribution is 5.62. The van der Waals surface area contributed by atoms with Crippen molar-refractivity contribution in [2.75, 3.05) is 31.7 Å². The lowest BCUT2D eigenvalue weighted by atomic mass is 10.1. The van der Waals surface area contributed by atoms with Gasteiger partial charge in [0.2, 0.25) is 0 Å². The van der Waals surface area contributed by atoms with Gasteiger partial charge >= 0.3 is 0 Å². The summed E-state index contributed by atoms with van der Waals surface area (Å²) in [5.74, 6) is 0.779. The van der Waals surface area contributed by atoms with E-state index in [1.165, 1.54) is 0 Å². The average molecular weight is 246 g/mol. The fraction of sp³-hybridized carbons (Fsp3) is 0.500. The Bertz CT molecular complexity index is 454. The highest BCUT2D eigenvalue weighted by Gasteiger charge is 2.18. The third-order valence-electron chi connectivity index (χ3n) is 3.12. The van der Waals surface area contributed by atoms with Crippen LogP contribution in [0.5, 0.6) is 5.75 Å². The van der Waals surface area contributed by atoms with E-state index >= 15 is 0 Å². The minimum Gasteiger partial charge on any atom is -0.497 e. The summed E-state index contributed by atoms with van der Waals surface area (Å²) in [6.45, 7) is 4.56. The van der Waals surface area contributed by atoms with Crippen LogP contribution in [0.15, 0.2) is 18.2 Å². The van der Waals surface area contributed by atoms with Crippen LogP contribution in [0.2, 0.25) is 0 Å². The SMILES string of the molecule is COc1ccc(C#N)c(N2CCCOC(C)C2)c1. The van der Waals surface area contributed by atoms with Crippen LogP contribution in [-0.2, 0) is 4.74 Å². The van der Waals surface area contributed by atoms with E-state index < -0.39 is 0 Å². The van der Waals surface area contributed by atoms with Gasteiger partial charge in [0.25, 0.3) is 0 Å². The molecule has 1 aromatic carbocycles. The number of rotatable bonds is 2. The molecule has 1 heterocycles. The Morgan fingerprint density at radius 3 is 3.06 bits per heavy atom. The first kappa shape index (κ1) is 12.7. The molecule has 0 N–H and O–H groups in total. The van der Waals surface area contributed by atoms with E-state index in [1.807, 2.05) is 18.2 Å². The van der Waals surface area contributed by atoms with Gasteiger partial charge in [-0.3, -0.25) is 0 Å². The highest BCUT2D eigenvalue weighted by Crippen LogP contribution is 2.27. The Morgan fingerprint density at radius 1 is 1.50 bits per heavy atom. The quantitative estimate of drug-likeness (QED) is 0.802. The fourth-order valence-corrected chi connectivity index (χ4v) is 2.21. The Labute approximate surface area is 108 Å². The number of nitrogens with zero attached hydrogens (tertiary/aromatic N) is 2. The first-order valence-electron chi connectivity index (χ1n) is 6.19. The molecule has 1 saturated heterocycles. The lowest BCUT2D eigenvalue weighted by molar-refractivity contribution is 0.0821. The molecule has 1 unspecified atom stereocenters.